The average Bonchev–Trinajstić information content (AvgIpc) is 3.24. The van der Waals surface area contributed by atoms with Crippen LogP contribution in [-0.4, -0.2) is 39.7 Å². The second-order valence-electron chi connectivity index (χ2n) is 7.22. The van der Waals surface area contributed by atoms with E-state index in [1.807, 2.05) is 34.7 Å². The number of likely N-dealkylation sites (tertiary alicyclic amines) is 1. The maximum absolute atomic E-state index is 13.0. The number of nitrogens with zero attached hydrogens (tertiary/aromatic N) is 3. The molecular weight excluding hydrogens is 336 g/mol. The van der Waals surface area contributed by atoms with Gasteiger partial charge in [-0.1, -0.05) is 18.2 Å². The predicted octanol–water partition coefficient (Wildman–Crippen LogP) is 2.72. The Kier molecular flexibility index (Phi) is 4.89. The Hall–Kier alpha value is -1.85. The molecule has 0 radical (unpaired) electrons. The number of hydrogen-bond acceptors (Lipinski definition) is 3. The number of aryl methyl sites for hydroxylation is 1. The van der Waals surface area contributed by atoms with Gasteiger partial charge in [0.15, 0.2) is 0 Å². The molecule has 2 aromatic rings. The second-order valence-corrected chi connectivity index (χ2v) is 7.22. The summed E-state index contributed by atoms with van der Waals surface area (Å²) in [6, 6.07) is 8.34. The van der Waals surface area contributed by atoms with E-state index in [-0.39, 0.29) is 24.4 Å². The van der Waals surface area contributed by atoms with Crippen LogP contribution in [0, 0.1) is 25.7 Å². The fourth-order valence-electron chi connectivity index (χ4n) is 4.31. The number of halogens is 1. The lowest BCUT2D eigenvalue weighted by atomic mass is 9.98. The van der Waals surface area contributed by atoms with Gasteiger partial charge in [0.2, 0.25) is 0 Å². The topological polar surface area (TPSA) is 64.2 Å². The minimum atomic E-state index is 0. The molecule has 3 unspecified atom stereocenters. The largest absolute Gasteiger partial charge is 0.338 e. The molecule has 2 fully saturated rings. The molecule has 3 atom stereocenters. The van der Waals surface area contributed by atoms with Crippen molar-refractivity contribution in [2.75, 3.05) is 13.1 Å². The smallest absolute Gasteiger partial charge is 0.257 e. The number of aromatic nitrogens is 2. The van der Waals surface area contributed by atoms with Crippen molar-refractivity contribution in [1.82, 2.24) is 14.7 Å². The van der Waals surface area contributed by atoms with Gasteiger partial charge < -0.3 is 10.6 Å². The van der Waals surface area contributed by atoms with Gasteiger partial charge in [-0.2, -0.15) is 5.10 Å². The van der Waals surface area contributed by atoms with Gasteiger partial charge in [0.05, 0.1) is 23.1 Å². The number of fused-ring (bicyclic) bond motifs is 1. The molecule has 1 amide bonds. The van der Waals surface area contributed by atoms with Crippen molar-refractivity contribution in [3.63, 3.8) is 0 Å². The van der Waals surface area contributed by atoms with Crippen LogP contribution in [0.5, 0.6) is 0 Å². The average molecular weight is 361 g/mol. The van der Waals surface area contributed by atoms with Crippen LogP contribution < -0.4 is 5.73 Å². The van der Waals surface area contributed by atoms with Crippen molar-refractivity contribution in [2.24, 2.45) is 17.6 Å². The number of rotatable bonds is 2. The van der Waals surface area contributed by atoms with Crippen LogP contribution in [0.2, 0.25) is 0 Å². The Morgan fingerprint density at radius 3 is 2.68 bits per heavy atom. The van der Waals surface area contributed by atoms with E-state index in [9.17, 15) is 4.79 Å². The highest BCUT2D eigenvalue weighted by Crippen LogP contribution is 2.37. The maximum Gasteiger partial charge on any atom is 0.257 e. The van der Waals surface area contributed by atoms with Crippen LogP contribution in [-0.2, 0) is 0 Å². The predicted molar refractivity (Wildman–Crippen MR) is 100 cm³/mol. The Morgan fingerprint density at radius 1 is 1.20 bits per heavy atom. The second kappa shape index (κ2) is 6.81. The molecule has 1 aromatic heterocycles. The SMILES string of the molecule is Cc1ccccc1-n1ncc(C(=O)N2CC3CCC(N)C3C2)c1C.Cl. The molecule has 0 bridgehead atoms. The van der Waals surface area contributed by atoms with E-state index in [0.29, 0.717) is 17.4 Å². The van der Waals surface area contributed by atoms with E-state index in [4.69, 9.17) is 5.73 Å². The molecule has 5 nitrogen and oxygen atoms in total. The summed E-state index contributed by atoms with van der Waals surface area (Å²) in [6.45, 7) is 5.65. The molecule has 25 heavy (non-hydrogen) atoms. The molecule has 1 aromatic carbocycles. The third kappa shape index (κ3) is 2.96. The highest BCUT2D eigenvalue weighted by molar-refractivity contribution is 5.95. The lowest BCUT2D eigenvalue weighted by Crippen LogP contribution is -2.33. The van der Waals surface area contributed by atoms with Crippen LogP contribution in [0.25, 0.3) is 5.69 Å². The molecule has 2 heterocycles. The van der Waals surface area contributed by atoms with Crippen molar-refractivity contribution in [3.05, 3.63) is 47.3 Å². The monoisotopic (exact) mass is 360 g/mol. The van der Waals surface area contributed by atoms with E-state index in [1.165, 1.54) is 0 Å². The molecule has 2 aliphatic rings. The molecule has 4 rings (SSSR count). The van der Waals surface area contributed by atoms with E-state index in [0.717, 1.165) is 42.9 Å². The fourth-order valence-corrected chi connectivity index (χ4v) is 4.31. The van der Waals surface area contributed by atoms with E-state index in [1.54, 1.807) is 6.20 Å². The molecule has 134 valence electrons. The summed E-state index contributed by atoms with van der Waals surface area (Å²) in [4.78, 5) is 14.9. The number of carbonyl (C=O) groups excluding carboxylic acids is 1. The van der Waals surface area contributed by atoms with Crippen molar-refractivity contribution >= 4 is 18.3 Å². The van der Waals surface area contributed by atoms with Crippen LogP contribution in [0.3, 0.4) is 0 Å². The number of carbonyl (C=O) groups is 1. The summed E-state index contributed by atoms with van der Waals surface area (Å²) in [5.74, 6) is 1.14. The third-order valence-corrected chi connectivity index (χ3v) is 5.78. The van der Waals surface area contributed by atoms with Gasteiger partial charge in [-0.15, -0.1) is 12.4 Å². The lowest BCUT2D eigenvalue weighted by Gasteiger charge is -2.18. The minimum Gasteiger partial charge on any atom is -0.338 e. The fraction of sp³-hybridized carbons (Fsp3) is 0.474. The van der Waals surface area contributed by atoms with E-state index < -0.39 is 0 Å². The Balaban J connectivity index is 0.00000182. The van der Waals surface area contributed by atoms with Gasteiger partial charge >= 0.3 is 0 Å². The summed E-state index contributed by atoms with van der Waals surface area (Å²) in [5.41, 5.74) is 9.96. The van der Waals surface area contributed by atoms with Crippen LogP contribution >= 0.6 is 12.4 Å². The van der Waals surface area contributed by atoms with Gasteiger partial charge in [0.25, 0.3) is 5.91 Å². The summed E-state index contributed by atoms with van der Waals surface area (Å²) in [5, 5.41) is 4.47. The molecule has 1 aliphatic heterocycles. The summed E-state index contributed by atoms with van der Waals surface area (Å²) < 4.78 is 1.87. The Morgan fingerprint density at radius 2 is 1.96 bits per heavy atom. The molecule has 6 heteroatoms. The normalized spacial score (nSPS) is 24.9. The zero-order chi connectivity index (χ0) is 16.8. The van der Waals surface area contributed by atoms with Crippen molar-refractivity contribution in [3.8, 4) is 5.69 Å². The van der Waals surface area contributed by atoms with E-state index in [2.05, 4.69) is 18.1 Å². The molecule has 1 aliphatic carbocycles. The van der Waals surface area contributed by atoms with Crippen molar-refractivity contribution in [1.29, 1.82) is 0 Å². The van der Waals surface area contributed by atoms with Gasteiger partial charge in [-0.3, -0.25) is 4.79 Å². The quantitative estimate of drug-likeness (QED) is 0.895. The molecule has 1 saturated carbocycles. The summed E-state index contributed by atoms with van der Waals surface area (Å²) >= 11 is 0. The number of benzene rings is 1. The van der Waals surface area contributed by atoms with Crippen LogP contribution in [0.1, 0.15) is 34.5 Å². The van der Waals surface area contributed by atoms with Gasteiger partial charge in [0, 0.05) is 19.1 Å². The maximum atomic E-state index is 13.0. The Bertz CT molecular complexity index is 787. The zero-order valence-electron chi connectivity index (χ0n) is 14.7. The van der Waals surface area contributed by atoms with E-state index >= 15 is 0 Å². The zero-order valence-corrected chi connectivity index (χ0v) is 15.5. The molecular formula is C19H25ClN4O. The molecule has 1 saturated heterocycles. The number of para-hydroxylation sites is 1. The highest BCUT2D eigenvalue weighted by atomic mass is 35.5. The molecule has 0 spiro atoms. The first-order chi connectivity index (χ1) is 11.6. The number of amides is 1. The van der Waals surface area contributed by atoms with Gasteiger partial charge in [-0.05, 0) is 50.2 Å². The van der Waals surface area contributed by atoms with Gasteiger partial charge in [0.1, 0.15) is 0 Å². The minimum absolute atomic E-state index is 0. The third-order valence-electron chi connectivity index (χ3n) is 5.78. The number of hydrogen-bond donors (Lipinski definition) is 1. The first kappa shape index (κ1) is 18.0. The standard InChI is InChI=1S/C19H24N4O.ClH/c1-12-5-3-4-6-18(12)23-13(2)15(9-21-23)19(24)22-10-14-7-8-17(20)16(14)11-22;/h3-6,9,14,16-17H,7-8,10-11,20H2,1-2H3;1H. The van der Waals surface area contributed by atoms with Crippen molar-refractivity contribution < 1.29 is 4.79 Å². The lowest BCUT2D eigenvalue weighted by molar-refractivity contribution is 0.0779. The van der Waals surface area contributed by atoms with Crippen molar-refractivity contribution in [2.45, 2.75) is 32.7 Å². The highest BCUT2D eigenvalue weighted by Gasteiger charge is 2.43. The summed E-state index contributed by atoms with van der Waals surface area (Å²) in [7, 11) is 0. The van der Waals surface area contributed by atoms with Gasteiger partial charge in [-0.25, -0.2) is 4.68 Å². The Labute approximate surface area is 154 Å². The van der Waals surface area contributed by atoms with Crippen LogP contribution in [0.15, 0.2) is 30.5 Å². The molecule has 2 N–H and O–H groups in total. The number of nitrogens with two attached hydrogens (primary N) is 1. The first-order valence-corrected chi connectivity index (χ1v) is 8.71. The van der Waals surface area contributed by atoms with Crippen LogP contribution in [0.4, 0.5) is 0 Å². The summed E-state index contributed by atoms with van der Waals surface area (Å²) in [6.07, 6.45) is 3.96. The first-order valence-electron chi connectivity index (χ1n) is 8.71.